The van der Waals surface area contributed by atoms with E-state index in [0.717, 1.165) is 5.69 Å². The zero-order valence-electron chi connectivity index (χ0n) is 11.2. The molecule has 0 aliphatic rings. The lowest BCUT2D eigenvalue weighted by Gasteiger charge is -2.11. The van der Waals surface area contributed by atoms with Crippen molar-refractivity contribution in [3.8, 4) is 0 Å². The first-order chi connectivity index (χ1) is 8.97. The summed E-state index contributed by atoms with van der Waals surface area (Å²) in [7, 11) is 0. The number of nitrogens with two attached hydrogens (primary N) is 1. The van der Waals surface area contributed by atoms with E-state index in [0.29, 0.717) is 13.1 Å². The second-order valence-corrected chi connectivity index (χ2v) is 4.29. The summed E-state index contributed by atoms with van der Waals surface area (Å²) in [5.41, 5.74) is 5.80. The van der Waals surface area contributed by atoms with E-state index in [2.05, 4.69) is 5.32 Å². The number of amides is 1. The van der Waals surface area contributed by atoms with Gasteiger partial charge in [0.05, 0.1) is 5.56 Å². The third kappa shape index (κ3) is 4.03. The van der Waals surface area contributed by atoms with Crippen LogP contribution < -0.4 is 16.6 Å². The highest BCUT2D eigenvalue weighted by atomic mass is 16.2. The Bertz CT molecular complexity index is 534. The van der Waals surface area contributed by atoms with E-state index in [1.807, 2.05) is 0 Å². The van der Waals surface area contributed by atoms with Gasteiger partial charge in [-0.05, 0) is 26.0 Å². The van der Waals surface area contributed by atoms with E-state index in [1.165, 1.54) is 17.6 Å². The zero-order chi connectivity index (χ0) is 14.4. The van der Waals surface area contributed by atoms with Crippen LogP contribution in [0.4, 0.5) is 0 Å². The van der Waals surface area contributed by atoms with Crippen molar-refractivity contribution < 1.29 is 9.59 Å². The van der Waals surface area contributed by atoms with Crippen molar-refractivity contribution in [3.63, 3.8) is 0 Å². The SMILES string of the molecule is CC(=O)c1ccc(C)n(CCC(=O)NCCN)c1=O. The number of carbonyl (C=O) groups excluding carboxylic acids is 2. The molecule has 1 aromatic rings. The number of hydrogen-bond acceptors (Lipinski definition) is 4. The van der Waals surface area contributed by atoms with E-state index >= 15 is 0 Å². The number of Topliss-reactive ketones (excluding diaryl/α,β-unsaturated/α-hetero) is 1. The molecule has 0 radical (unpaired) electrons. The summed E-state index contributed by atoms with van der Waals surface area (Å²) >= 11 is 0. The van der Waals surface area contributed by atoms with Crippen molar-refractivity contribution in [2.75, 3.05) is 13.1 Å². The average molecular weight is 265 g/mol. The molecule has 1 rings (SSSR count). The van der Waals surface area contributed by atoms with Crippen molar-refractivity contribution in [1.82, 2.24) is 9.88 Å². The number of nitrogens with zero attached hydrogens (tertiary/aromatic N) is 1. The summed E-state index contributed by atoms with van der Waals surface area (Å²) in [5, 5.41) is 2.63. The van der Waals surface area contributed by atoms with Crippen LogP contribution in [-0.4, -0.2) is 29.3 Å². The first-order valence-electron chi connectivity index (χ1n) is 6.15. The standard InChI is InChI=1S/C13H19N3O3/c1-9-3-4-11(10(2)17)13(19)16(9)8-5-12(18)15-7-6-14/h3-4H,5-8,14H2,1-2H3,(H,15,18). The Labute approximate surface area is 111 Å². The molecule has 19 heavy (non-hydrogen) atoms. The van der Waals surface area contributed by atoms with Gasteiger partial charge >= 0.3 is 0 Å². The van der Waals surface area contributed by atoms with E-state index in [-0.39, 0.29) is 35.8 Å². The zero-order valence-corrected chi connectivity index (χ0v) is 11.2. The minimum absolute atomic E-state index is 0.146. The molecule has 104 valence electrons. The van der Waals surface area contributed by atoms with Gasteiger partial charge in [0.15, 0.2) is 5.78 Å². The summed E-state index contributed by atoms with van der Waals surface area (Å²) in [6.45, 7) is 4.17. The summed E-state index contributed by atoms with van der Waals surface area (Å²) in [5.74, 6) is -0.434. The van der Waals surface area contributed by atoms with Gasteiger partial charge in [0, 0.05) is 31.7 Å². The molecule has 0 saturated heterocycles. The molecule has 0 spiro atoms. The van der Waals surface area contributed by atoms with Gasteiger partial charge in [0.1, 0.15) is 0 Å². The maximum absolute atomic E-state index is 12.0. The molecule has 1 aromatic heterocycles. The van der Waals surface area contributed by atoms with Crippen LogP contribution in [-0.2, 0) is 11.3 Å². The summed E-state index contributed by atoms with van der Waals surface area (Å²) in [6.07, 6.45) is 0.183. The molecular weight excluding hydrogens is 246 g/mol. The summed E-state index contributed by atoms with van der Waals surface area (Å²) < 4.78 is 1.44. The number of rotatable bonds is 6. The molecule has 6 nitrogen and oxygen atoms in total. The number of ketones is 1. The van der Waals surface area contributed by atoms with Gasteiger partial charge in [-0.15, -0.1) is 0 Å². The molecule has 0 bridgehead atoms. The monoisotopic (exact) mass is 265 g/mol. The van der Waals surface area contributed by atoms with Crippen LogP contribution >= 0.6 is 0 Å². The normalized spacial score (nSPS) is 10.3. The number of hydrogen-bond donors (Lipinski definition) is 2. The Morgan fingerprint density at radius 2 is 2.05 bits per heavy atom. The molecule has 3 N–H and O–H groups in total. The van der Waals surface area contributed by atoms with Gasteiger partial charge in [-0.3, -0.25) is 14.4 Å². The highest BCUT2D eigenvalue weighted by Gasteiger charge is 2.11. The van der Waals surface area contributed by atoms with Crippen LogP contribution in [0.5, 0.6) is 0 Å². The number of nitrogens with one attached hydrogen (secondary N) is 1. The molecule has 0 fully saturated rings. The number of carbonyl (C=O) groups is 2. The second kappa shape index (κ2) is 6.84. The molecule has 0 saturated carbocycles. The molecule has 0 aliphatic heterocycles. The van der Waals surface area contributed by atoms with E-state index < -0.39 is 0 Å². The largest absolute Gasteiger partial charge is 0.355 e. The van der Waals surface area contributed by atoms with Gasteiger partial charge in [-0.2, -0.15) is 0 Å². The minimum atomic E-state index is -0.348. The molecule has 1 heterocycles. The van der Waals surface area contributed by atoms with Crippen LogP contribution in [0.15, 0.2) is 16.9 Å². The van der Waals surface area contributed by atoms with Crippen LogP contribution in [0.1, 0.15) is 29.4 Å². The van der Waals surface area contributed by atoms with Crippen molar-refractivity contribution in [2.24, 2.45) is 5.73 Å². The van der Waals surface area contributed by atoms with Crippen molar-refractivity contribution >= 4 is 11.7 Å². The summed E-state index contributed by atoms with van der Waals surface area (Å²) in [6, 6.07) is 3.22. The highest BCUT2D eigenvalue weighted by molar-refractivity contribution is 5.93. The molecular formula is C13H19N3O3. The van der Waals surface area contributed by atoms with Crippen molar-refractivity contribution in [2.45, 2.75) is 26.8 Å². The van der Waals surface area contributed by atoms with Gasteiger partial charge < -0.3 is 15.6 Å². The third-order valence-electron chi connectivity index (χ3n) is 2.80. The fourth-order valence-electron chi connectivity index (χ4n) is 1.73. The molecule has 0 aliphatic carbocycles. The van der Waals surface area contributed by atoms with Crippen molar-refractivity contribution in [1.29, 1.82) is 0 Å². The fourth-order valence-corrected chi connectivity index (χ4v) is 1.73. The lowest BCUT2D eigenvalue weighted by Crippen LogP contribution is -2.32. The van der Waals surface area contributed by atoms with Crippen LogP contribution in [0, 0.1) is 6.92 Å². The average Bonchev–Trinajstić information content (AvgIpc) is 2.35. The number of pyridine rings is 1. The Hall–Kier alpha value is -1.95. The van der Waals surface area contributed by atoms with E-state index in [9.17, 15) is 14.4 Å². The lowest BCUT2D eigenvalue weighted by atomic mass is 10.2. The minimum Gasteiger partial charge on any atom is -0.355 e. The van der Waals surface area contributed by atoms with Crippen LogP contribution in [0.3, 0.4) is 0 Å². The second-order valence-electron chi connectivity index (χ2n) is 4.29. The third-order valence-corrected chi connectivity index (χ3v) is 2.80. The predicted molar refractivity (Wildman–Crippen MR) is 72.1 cm³/mol. The number of aryl methyl sites for hydroxylation is 1. The Kier molecular flexibility index (Phi) is 5.44. The predicted octanol–water partition coefficient (Wildman–Crippen LogP) is -0.176. The Morgan fingerprint density at radius 3 is 2.63 bits per heavy atom. The number of aromatic nitrogens is 1. The highest BCUT2D eigenvalue weighted by Crippen LogP contribution is 2.01. The first-order valence-corrected chi connectivity index (χ1v) is 6.15. The molecule has 0 aromatic carbocycles. The van der Waals surface area contributed by atoms with E-state index in [4.69, 9.17) is 5.73 Å². The van der Waals surface area contributed by atoms with Gasteiger partial charge in [-0.1, -0.05) is 0 Å². The first kappa shape index (κ1) is 15.1. The van der Waals surface area contributed by atoms with Crippen LogP contribution in [0.25, 0.3) is 0 Å². The summed E-state index contributed by atoms with van der Waals surface area (Å²) in [4.78, 5) is 34.8. The van der Waals surface area contributed by atoms with E-state index in [1.54, 1.807) is 13.0 Å². The maximum Gasteiger partial charge on any atom is 0.261 e. The van der Waals surface area contributed by atoms with Gasteiger partial charge in [0.2, 0.25) is 5.91 Å². The molecule has 0 unspecified atom stereocenters. The molecule has 6 heteroatoms. The van der Waals surface area contributed by atoms with Gasteiger partial charge in [0.25, 0.3) is 5.56 Å². The fraction of sp³-hybridized carbons (Fsp3) is 0.462. The van der Waals surface area contributed by atoms with Gasteiger partial charge in [-0.25, -0.2) is 0 Å². The quantitative estimate of drug-likeness (QED) is 0.698. The molecule has 1 amide bonds. The Balaban J connectivity index is 2.84. The molecule has 0 atom stereocenters. The topological polar surface area (TPSA) is 94.2 Å². The maximum atomic E-state index is 12.0. The lowest BCUT2D eigenvalue weighted by molar-refractivity contribution is -0.121. The van der Waals surface area contributed by atoms with Crippen molar-refractivity contribution in [3.05, 3.63) is 33.7 Å². The smallest absolute Gasteiger partial charge is 0.261 e. The van der Waals surface area contributed by atoms with Crippen LogP contribution in [0.2, 0.25) is 0 Å². The Morgan fingerprint density at radius 1 is 1.37 bits per heavy atom.